The molecule has 2 heterocycles. The summed E-state index contributed by atoms with van der Waals surface area (Å²) in [4.78, 5) is 20.9. The molecule has 5 nitrogen and oxygen atoms in total. The molecular formula is C16H20F2N4O. The Bertz CT molecular complexity index is 653. The van der Waals surface area contributed by atoms with E-state index in [1.54, 1.807) is 0 Å². The number of nitrogens with two attached hydrogens (primary N) is 1. The molecule has 1 unspecified atom stereocenters. The summed E-state index contributed by atoms with van der Waals surface area (Å²) in [5.74, 6) is -1.52. The number of carbonyl (C=O) groups is 1. The van der Waals surface area contributed by atoms with E-state index < -0.39 is 17.9 Å². The largest absolute Gasteiger partial charge is 0.363 e. The molecule has 7 heteroatoms. The van der Waals surface area contributed by atoms with Gasteiger partial charge in [0.15, 0.2) is 0 Å². The molecule has 0 aromatic carbocycles. The van der Waals surface area contributed by atoms with Crippen LogP contribution in [0.3, 0.4) is 0 Å². The molecule has 0 radical (unpaired) electrons. The molecule has 1 amide bonds. The van der Waals surface area contributed by atoms with Gasteiger partial charge in [0.2, 0.25) is 5.82 Å². The highest BCUT2D eigenvalue weighted by atomic mass is 19.2. The van der Waals surface area contributed by atoms with Crippen molar-refractivity contribution in [1.29, 1.82) is 0 Å². The van der Waals surface area contributed by atoms with Crippen LogP contribution in [0.5, 0.6) is 0 Å². The van der Waals surface area contributed by atoms with Crippen LogP contribution in [0.4, 0.5) is 14.5 Å². The molecule has 0 spiro atoms. The Kier molecular flexibility index (Phi) is 5.08. The van der Waals surface area contributed by atoms with Gasteiger partial charge in [0, 0.05) is 6.54 Å². The van der Waals surface area contributed by atoms with Crippen molar-refractivity contribution in [3.63, 3.8) is 0 Å². The summed E-state index contributed by atoms with van der Waals surface area (Å²) in [7, 11) is 0. The summed E-state index contributed by atoms with van der Waals surface area (Å²) in [6.45, 7) is 5.60. The van der Waals surface area contributed by atoms with Gasteiger partial charge < -0.3 is 10.6 Å². The second-order valence-corrected chi connectivity index (χ2v) is 5.56. The number of hydrogen-bond acceptors (Lipinski definition) is 4. The van der Waals surface area contributed by atoms with Gasteiger partial charge in [0.1, 0.15) is 12.0 Å². The van der Waals surface area contributed by atoms with Crippen molar-refractivity contribution >= 4 is 11.6 Å². The first-order valence-electron chi connectivity index (χ1n) is 7.44. The van der Waals surface area contributed by atoms with E-state index in [0.717, 1.165) is 11.1 Å². The zero-order chi connectivity index (χ0) is 17.1. The van der Waals surface area contributed by atoms with Crippen LogP contribution in [0.2, 0.25) is 0 Å². The summed E-state index contributed by atoms with van der Waals surface area (Å²) >= 11 is 0. The summed E-state index contributed by atoms with van der Waals surface area (Å²) in [6.07, 6.45) is 3.41. The average Bonchev–Trinajstić information content (AvgIpc) is 2.83. The van der Waals surface area contributed by atoms with E-state index in [2.05, 4.69) is 9.97 Å². The maximum atomic E-state index is 13.7. The fourth-order valence-corrected chi connectivity index (χ4v) is 2.70. The van der Waals surface area contributed by atoms with Crippen LogP contribution >= 0.6 is 0 Å². The Hall–Kier alpha value is -2.31. The normalized spacial score (nSPS) is 20.1. The highest BCUT2D eigenvalue weighted by molar-refractivity contribution is 5.88. The molecule has 0 saturated heterocycles. The number of primary amides is 1. The van der Waals surface area contributed by atoms with Gasteiger partial charge in [-0.25, -0.2) is 18.7 Å². The maximum absolute atomic E-state index is 13.7. The zero-order valence-corrected chi connectivity index (χ0v) is 13.4. The number of hydrogen-bond donors (Lipinski definition) is 1. The molecule has 2 atom stereocenters. The van der Waals surface area contributed by atoms with E-state index in [1.165, 1.54) is 25.4 Å². The fourth-order valence-electron chi connectivity index (χ4n) is 2.70. The van der Waals surface area contributed by atoms with Crippen molar-refractivity contribution in [1.82, 2.24) is 9.97 Å². The molecule has 0 fully saturated rings. The fraction of sp³-hybridized carbons (Fsp3) is 0.438. The van der Waals surface area contributed by atoms with Gasteiger partial charge in [-0.05, 0) is 37.5 Å². The minimum absolute atomic E-state index is 0.0527. The molecule has 1 aromatic heterocycles. The predicted octanol–water partition coefficient (Wildman–Crippen LogP) is 2.70. The van der Waals surface area contributed by atoms with E-state index in [0.29, 0.717) is 18.7 Å². The van der Waals surface area contributed by atoms with Crippen molar-refractivity contribution in [3.8, 4) is 0 Å². The molecule has 0 bridgehead atoms. The van der Waals surface area contributed by atoms with Gasteiger partial charge >= 0.3 is 0 Å². The molecular weight excluding hydrogens is 302 g/mol. The molecule has 124 valence electrons. The lowest BCUT2D eigenvalue weighted by atomic mass is 10.0. The third-order valence-electron chi connectivity index (χ3n) is 3.89. The highest BCUT2D eigenvalue weighted by Crippen LogP contribution is 2.33. The van der Waals surface area contributed by atoms with E-state index in [4.69, 9.17) is 5.73 Å². The van der Waals surface area contributed by atoms with Gasteiger partial charge in [-0.1, -0.05) is 6.92 Å². The third-order valence-corrected chi connectivity index (χ3v) is 3.89. The van der Waals surface area contributed by atoms with E-state index in [-0.39, 0.29) is 11.9 Å². The summed E-state index contributed by atoms with van der Waals surface area (Å²) in [6, 6.07) is -0.0949. The number of rotatable bonds is 5. The average molecular weight is 322 g/mol. The van der Waals surface area contributed by atoms with Crippen molar-refractivity contribution < 1.29 is 13.6 Å². The molecule has 1 aliphatic heterocycles. The highest BCUT2D eigenvalue weighted by Gasteiger charge is 2.30. The third kappa shape index (κ3) is 3.55. The topological polar surface area (TPSA) is 72.1 Å². The van der Waals surface area contributed by atoms with Crippen molar-refractivity contribution in [2.75, 3.05) is 11.4 Å². The van der Waals surface area contributed by atoms with Crippen LogP contribution in [0.15, 0.2) is 35.4 Å². The molecule has 2 N–H and O–H groups in total. The van der Waals surface area contributed by atoms with Crippen molar-refractivity contribution in [2.45, 2.75) is 39.4 Å². The Morgan fingerprint density at radius 2 is 2.13 bits per heavy atom. The Labute approximate surface area is 133 Å². The van der Waals surface area contributed by atoms with Crippen LogP contribution in [-0.2, 0) is 0 Å². The molecule has 2 rings (SSSR count). The van der Waals surface area contributed by atoms with Gasteiger partial charge in [-0.2, -0.15) is 0 Å². The lowest BCUT2D eigenvalue weighted by Gasteiger charge is -2.27. The number of nitrogens with zero attached hydrogens (tertiary/aromatic N) is 3. The van der Waals surface area contributed by atoms with E-state index in [9.17, 15) is 13.6 Å². The Balaban J connectivity index is 2.30. The van der Waals surface area contributed by atoms with Crippen LogP contribution in [0, 0.1) is 0 Å². The smallest absolute Gasteiger partial charge is 0.286 e. The van der Waals surface area contributed by atoms with Gasteiger partial charge in [0.25, 0.3) is 5.91 Å². The van der Waals surface area contributed by atoms with Crippen LogP contribution in [0.1, 0.15) is 37.8 Å². The summed E-state index contributed by atoms with van der Waals surface area (Å²) in [5.41, 5.74) is 7.57. The quantitative estimate of drug-likeness (QED) is 0.904. The van der Waals surface area contributed by atoms with Gasteiger partial charge in [-0.15, -0.1) is 0 Å². The first-order chi connectivity index (χ1) is 10.8. The second-order valence-electron chi connectivity index (χ2n) is 5.56. The molecule has 1 aliphatic rings. The molecule has 23 heavy (non-hydrogen) atoms. The van der Waals surface area contributed by atoms with Crippen molar-refractivity contribution in [3.05, 3.63) is 41.3 Å². The molecule has 0 aliphatic carbocycles. The zero-order valence-electron chi connectivity index (χ0n) is 13.4. The van der Waals surface area contributed by atoms with Crippen molar-refractivity contribution in [2.24, 2.45) is 5.73 Å². The first kappa shape index (κ1) is 17.1. The van der Waals surface area contributed by atoms with Gasteiger partial charge in [0.05, 0.1) is 24.1 Å². The summed E-state index contributed by atoms with van der Waals surface area (Å²) < 4.78 is 26.8. The maximum Gasteiger partial charge on any atom is 0.286 e. The van der Waals surface area contributed by atoms with Crippen LogP contribution in [-0.4, -0.2) is 34.6 Å². The standard InChI is InChI=1S/C16H20F2N4O/c1-4-14-12(5-13(18)10(3)17)9(2)8-22(14)11-6-20-16(15(19)23)21-7-11/h5-7,10,14H,4,8H2,1-3H3,(H2,19,23)/b13-5+/t10-,14?/m0/s1. The van der Waals surface area contributed by atoms with Crippen LogP contribution in [0.25, 0.3) is 0 Å². The van der Waals surface area contributed by atoms with Gasteiger partial charge in [-0.3, -0.25) is 4.79 Å². The van der Waals surface area contributed by atoms with E-state index >= 15 is 0 Å². The Morgan fingerprint density at radius 1 is 1.52 bits per heavy atom. The summed E-state index contributed by atoms with van der Waals surface area (Å²) in [5, 5.41) is 0. The second kappa shape index (κ2) is 6.85. The SMILES string of the molecule is CCC1C(/C=C(/F)[C@H](C)F)=C(C)CN1c1cnc(C(N)=O)nc1. The minimum atomic E-state index is -1.62. The number of alkyl halides is 1. The number of carbonyl (C=O) groups excluding carboxylic acids is 1. The number of amides is 1. The number of allylic oxidation sites excluding steroid dienone is 1. The Morgan fingerprint density at radius 3 is 2.61 bits per heavy atom. The molecule has 1 aromatic rings. The lowest BCUT2D eigenvalue weighted by molar-refractivity contribution is 0.0990. The van der Waals surface area contributed by atoms with E-state index in [1.807, 2.05) is 18.7 Å². The minimum Gasteiger partial charge on any atom is -0.363 e. The monoisotopic (exact) mass is 322 g/mol. The first-order valence-corrected chi connectivity index (χ1v) is 7.44. The number of halogens is 2. The number of aromatic nitrogens is 2. The van der Waals surface area contributed by atoms with Crippen LogP contribution < -0.4 is 10.6 Å². The number of anilines is 1. The lowest BCUT2D eigenvalue weighted by Crippen LogP contribution is -2.31. The molecule has 0 saturated carbocycles. The predicted molar refractivity (Wildman–Crippen MR) is 84.4 cm³/mol.